The van der Waals surface area contributed by atoms with E-state index in [-0.39, 0.29) is 17.4 Å². The van der Waals surface area contributed by atoms with Gasteiger partial charge in [-0.3, -0.25) is 4.79 Å². The molecule has 0 aliphatic carbocycles. The van der Waals surface area contributed by atoms with E-state index in [1.54, 1.807) is 0 Å². The predicted molar refractivity (Wildman–Crippen MR) is 72.5 cm³/mol. The Morgan fingerprint density at radius 1 is 1.18 bits per heavy atom. The van der Waals surface area contributed by atoms with Crippen LogP contribution >= 0.6 is 0 Å². The number of amides is 1. The van der Waals surface area contributed by atoms with Crippen LogP contribution in [0.25, 0.3) is 0 Å². The normalized spacial score (nSPS) is 11.7. The monoisotopic (exact) mass is 233 g/mol. The van der Waals surface area contributed by atoms with E-state index in [2.05, 4.69) is 32.2 Å². The van der Waals surface area contributed by atoms with E-state index in [0.29, 0.717) is 0 Å². The molecule has 1 rings (SSSR count). The molecule has 17 heavy (non-hydrogen) atoms. The van der Waals surface area contributed by atoms with Gasteiger partial charge in [0.25, 0.3) is 5.91 Å². The van der Waals surface area contributed by atoms with Crippen molar-refractivity contribution in [3.63, 3.8) is 0 Å². The third-order valence-electron chi connectivity index (χ3n) is 2.63. The van der Waals surface area contributed by atoms with Crippen LogP contribution in [0.5, 0.6) is 0 Å². The molecule has 0 aromatic heterocycles. The first-order valence-electron chi connectivity index (χ1n) is 6.13. The highest BCUT2D eigenvalue weighted by atomic mass is 16.1. The number of hydrogen-bond donors (Lipinski definition) is 1. The average Bonchev–Trinajstić information content (AvgIpc) is 2.14. The van der Waals surface area contributed by atoms with Crippen LogP contribution in [0.2, 0.25) is 0 Å². The topological polar surface area (TPSA) is 29.1 Å². The molecule has 0 aliphatic rings. The fraction of sp³-hybridized carbons (Fsp3) is 0.533. The fourth-order valence-corrected chi connectivity index (χ4v) is 1.69. The molecule has 0 atom stereocenters. The molecule has 0 saturated heterocycles. The van der Waals surface area contributed by atoms with E-state index in [0.717, 1.165) is 11.1 Å². The Kier molecular flexibility index (Phi) is 3.97. The molecular formula is C15H23NO. The summed E-state index contributed by atoms with van der Waals surface area (Å²) in [5, 5.41) is 2.93. The zero-order valence-electron chi connectivity index (χ0n) is 11.7. The summed E-state index contributed by atoms with van der Waals surface area (Å²) in [5.41, 5.74) is 3.15. The van der Waals surface area contributed by atoms with Gasteiger partial charge in [-0.15, -0.1) is 0 Å². The van der Waals surface area contributed by atoms with Crippen molar-refractivity contribution in [2.24, 2.45) is 0 Å². The van der Waals surface area contributed by atoms with E-state index in [1.807, 2.05) is 32.9 Å². The van der Waals surface area contributed by atoms with Crippen LogP contribution in [0.4, 0.5) is 0 Å². The Balaban J connectivity index is 3.10. The number of rotatable bonds is 2. The van der Waals surface area contributed by atoms with Gasteiger partial charge in [0.05, 0.1) is 0 Å². The molecule has 1 aromatic rings. The molecule has 0 heterocycles. The largest absolute Gasteiger partial charge is 0.350 e. The molecular weight excluding hydrogens is 210 g/mol. The highest BCUT2D eigenvalue weighted by molar-refractivity contribution is 5.94. The van der Waals surface area contributed by atoms with Crippen molar-refractivity contribution in [1.29, 1.82) is 0 Å². The van der Waals surface area contributed by atoms with Gasteiger partial charge < -0.3 is 5.32 Å². The summed E-state index contributed by atoms with van der Waals surface area (Å²) in [7, 11) is 0. The van der Waals surface area contributed by atoms with Gasteiger partial charge in [0.15, 0.2) is 0 Å². The van der Waals surface area contributed by atoms with Crippen molar-refractivity contribution in [3.05, 3.63) is 34.9 Å². The minimum atomic E-state index is 0.00852. The second-order valence-electron chi connectivity index (χ2n) is 5.97. The summed E-state index contributed by atoms with van der Waals surface area (Å²) in [4.78, 5) is 12.0. The van der Waals surface area contributed by atoms with Crippen LogP contribution in [-0.2, 0) is 5.41 Å². The molecule has 94 valence electrons. The summed E-state index contributed by atoms with van der Waals surface area (Å²) in [6, 6.07) is 6.24. The van der Waals surface area contributed by atoms with Gasteiger partial charge in [-0.2, -0.15) is 0 Å². The van der Waals surface area contributed by atoms with E-state index >= 15 is 0 Å². The molecule has 2 nitrogen and oxygen atoms in total. The van der Waals surface area contributed by atoms with Gasteiger partial charge in [-0.05, 0) is 43.9 Å². The van der Waals surface area contributed by atoms with E-state index < -0.39 is 0 Å². The van der Waals surface area contributed by atoms with Crippen molar-refractivity contribution in [2.45, 2.75) is 53.0 Å². The Morgan fingerprint density at radius 2 is 1.76 bits per heavy atom. The van der Waals surface area contributed by atoms with Crippen LogP contribution in [0, 0.1) is 6.92 Å². The van der Waals surface area contributed by atoms with Crippen molar-refractivity contribution in [2.75, 3.05) is 0 Å². The van der Waals surface area contributed by atoms with Gasteiger partial charge in [0, 0.05) is 11.6 Å². The molecule has 0 saturated carbocycles. The molecule has 1 aromatic carbocycles. The summed E-state index contributed by atoms with van der Waals surface area (Å²) in [6.45, 7) is 12.4. The number of aryl methyl sites for hydroxylation is 1. The van der Waals surface area contributed by atoms with Crippen molar-refractivity contribution >= 4 is 5.91 Å². The van der Waals surface area contributed by atoms with Crippen LogP contribution in [0.3, 0.4) is 0 Å². The zero-order chi connectivity index (χ0) is 13.2. The first kappa shape index (κ1) is 13.8. The average molecular weight is 233 g/mol. The molecule has 2 heteroatoms. The van der Waals surface area contributed by atoms with Crippen molar-refractivity contribution in [3.8, 4) is 0 Å². The van der Waals surface area contributed by atoms with E-state index in [4.69, 9.17) is 0 Å². The Labute approximate surface area is 104 Å². The van der Waals surface area contributed by atoms with Crippen molar-refractivity contribution < 1.29 is 4.79 Å². The van der Waals surface area contributed by atoms with Crippen molar-refractivity contribution in [1.82, 2.24) is 5.32 Å². The van der Waals surface area contributed by atoms with Gasteiger partial charge in [0.2, 0.25) is 0 Å². The standard InChI is InChI=1S/C15H23NO/c1-10(2)16-14(17)12-7-11(3)8-13(9-12)15(4,5)6/h7-10H,1-6H3,(H,16,17). The molecule has 0 aliphatic heterocycles. The van der Waals surface area contributed by atoms with Gasteiger partial charge in [0.1, 0.15) is 0 Å². The molecule has 0 fully saturated rings. The number of hydrogen-bond acceptors (Lipinski definition) is 1. The number of nitrogens with one attached hydrogen (secondary N) is 1. The van der Waals surface area contributed by atoms with E-state index in [1.165, 1.54) is 5.56 Å². The third-order valence-corrected chi connectivity index (χ3v) is 2.63. The SMILES string of the molecule is Cc1cc(C(=O)NC(C)C)cc(C(C)(C)C)c1. The molecule has 1 amide bonds. The lowest BCUT2D eigenvalue weighted by atomic mass is 9.85. The van der Waals surface area contributed by atoms with Crippen LogP contribution in [-0.4, -0.2) is 11.9 Å². The quantitative estimate of drug-likeness (QED) is 0.833. The second kappa shape index (κ2) is 4.91. The fourth-order valence-electron chi connectivity index (χ4n) is 1.69. The van der Waals surface area contributed by atoms with E-state index in [9.17, 15) is 4.79 Å². The number of carbonyl (C=O) groups excluding carboxylic acids is 1. The molecule has 1 N–H and O–H groups in total. The highest BCUT2D eigenvalue weighted by Crippen LogP contribution is 2.24. The lowest BCUT2D eigenvalue weighted by Crippen LogP contribution is -2.30. The molecule has 0 unspecified atom stereocenters. The molecule has 0 spiro atoms. The lowest BCUT2D eigenvalue weighted by molar-refractivity contribution is 0.0943. The maximum absolute atomic E-state index is 12.0. The summed E-state index contributed by atoms with van der Waals surface area (Å²) < 4.78 is 0. The zero-order valence-corrected chi connectivity index (χ0v) is 11.7. The number of carbonyl (C=O) groups is 1. The third kappa shape index (κ3) is 3.88. The van der Waals surface area contributed by atoms with Gasteiger partial charge >= 0.3 is 0 Å². The predicted octanol–water partition coefficient (Wildman–Crippen LogP) is 3.43. The maximum atomic E-state index is 12.0. The minimum absolute atomic E-state index is 0.00852. The van der Waals surface area contributed by atoms with Gasteiger partial charge in [-0.25, -0.2) is 0 Å². The number of benzene rings is 1. The first-order valence-corrected chi connectivity index (χ1v) is 6.13. The Morgan fingerprint density at radius 3 is 2.24 bits per heavy atom. The lowest BCUT2D eigenvalue weighted by Gasteiger charge is -2.21. The maximum Gasteiger partial charge on any atom is 0.251 e. The Bertz CT molecular complexity index is 413. The summed E-state index contributed by atoms with van der Waals surface area (Å²) in [5.74, 6) is 0.00852. The summed E-state index contributed by atoms with van der Waals surface area (Å²) >= 11 is 0. The summed E-state index contributed by atoms with van der Waals surface area (Å²) in [6.07, 6.45) is 0. The van der Waals surface area contributed by atoms with Crippen LogP contribution in [0.1, 0.15) is 56.1 Å². The molecule has 0 radical (unpaired) electrons. The first-order chi connectivity index (χ1) is 7.70. The smallest absolute Gasteiger partial charge is 0.251 e. The van der Waals surface area contributed by atoms with Crippen LogP contribution in [0.15, 0.2) is 18.2 Å². The van der Waals surface area contributed by atoms with Gasteiger partial charge in [-0.1, -0.05) is 32.4 Å². The minimum Gasteiger partial charge on any atom is -0.350 e. The Hall–Kier alpha value is -1.31. The second-order valence-corrected chi connectivity index (χ2v) is 5.97. The van der Waals surface area contributed by atoms with Crippen LogP contribution < -0.4 is 5.32 Å². The highest BCUT2D eigenvalue weighted by Gasteiger charge is 2.16. The molecule has 0 bridgehead atoms.